The number of hydrogen-bond donors (Lipinski definition) is 2. The van der Waals surface area contributed by atoms with Crippen LogP contribution >= 0.6 is 11.3 Å². The average Bonchev–Trinajstić information content (AvgIpc) is 3.03. The number of carbonyl (C=O) groups excluding carboxylic acids is 1. The average molecular weight is 314 g/mol. The number of hydrazone groups is 1. The first-order valence-electron chi connectivity index (χ1n) is 6.63. The van der Waals surface area contributed by atoms with Crippen LogP contribution in [0.2, 0.25) is 0 Å². The molecule has 6 nitrogen and oxygen atoms in total. The lowest BCUT2D eigenvalue weighted by molar-refractivity contribution is -0.120. The second-order valence-electron chi connectivity index (χ2n) is 4.77. The number of nitrogens with one attached hydrogen (secondary N) is 1. The van der Waals surface area contributed by atoms with Crippen LogP contribution in [0, 0.1) is 6.92 Å². The fraction of sp³-hybridized carbons (Fsp3) is 0.133. The second kappa shape index (κ2) is 5.98. The maximum Gasteiger partial charge on any atom is 0.244 e. The molecule has 1 aromatic carbocycles. The van der Waals surface area contributed by atoms with Crippen molar-refractivity contribution in [3.8, 4) is 0 Å². The van der Waals surface area contributed by atoms with Crippen LogP contribution in [0.5, 0.6) is 0 Å². The van der Waals surface area contributed by atoms with Gasteiger partial charge in [-0.1, -0.05) is 17.4 Å². The monoisotopic (exact) mass is 314 g/mol. The number of nitrogens with two attached hydrogens (primary N) is 1. The van der Waals surface area contributed by atoms with Crippen molar-refractivity contribution in [1.82, 2.24) is 10.4 Å². The molecule has 0 aliphatic rings. The molecule has 112 valence electrons. The topological polar surface area (TPSA) is 93.5 Å². The van der Waals surface area contributed by atoms with E-state index in [-0.39, 0.29) is 12.3 Å². The first-order valence-corrected chi connectivity index (χ1v) is 7.45. The Morgan fingerprint density at radius 2 is 2.32 bits per heavy atom. The smallest absolute Gasteiger partial charge is 0.244 e. The van der Waals surface area contributed by atoms with Gasteiger partial charge in [0.2, 0.25) is 5.91 Å². The summed E-state index contributed by atoms with van der Waals surface area (Å²) in [7, 11) is 0. The van der Waals surface area contributed by atoms with Crippen LogP contribution in [0.25, 0.3) is 10.2 Å². The molecule has 0 spiro atoms. The Hall–Kier alpha value is -2.67. The van der Waals surface area contributed by atoms with Crippen LogP contribution in [-0.4, -0.2) is 17.1 Å². The Labute approximate surface area is 130 Å². The summed E-state index contributed by atoms with van der Waals surface area (Å²) in [6, 6.07) is 9.26. The van der Waals surface area contributed by atoms with E-state index < -0.39 is 0 Å². The molecule has 0 aliphatic carbocycles. The highest BCUT2D eigenvalue weighted by Crippen LogP contribution is 2.24. The van der Waals surface area contributed by atoms with Crippen molar-refractivity contribution in [3.63, 3.8) is 0 Å². The molecule has 0 saturated carbocycles. The first kappa shape index (κ1) is 14.3. The number of nitrogens with zero attached hydrogens (tertiary/aromatic N) is 2. The quantitative estimate of drug-likeness (QED) is 0.571. The lowest BCUT2D eigenvalue weighted by Gasteiger charge is -2.00. The van der Waals surface area contributed by atoms with Gasteiger partial charge < -0.3 is 10.2 Å². The molecule has 0 bridgehead atoms. The minimum Gasteiger partial charge on any atom is -0.460 e. The van der Waals surface area contributed by atoms with Crippen molar-refractivity contribution in [1.29, 1.82) is 0 Å². The number of aryl methyl sites for hydroxylation is 1. The number of aromatic nitrogens is 1. The maximum absolute atomic E-state index is 11.9. The van der Waals surface area contributed by atoms with Crippen molar-refractivity contribution in [2.45, 2.75) is 13.3 Å². The third-order valence-corrected chi connectivity index (χ3v) is 3.82. The number of amides is 1. The molecule has 0 fully saturated rings. The summed E-state index contributed by atoms with van der Waals surface area (Å²) >= 11 is 1.40. The van der Waals surface area contributed by atoms with E-state index >= 15 is 0 Å². The van der Waals surface area contributed by atoms with Crippen LogP contribution in [-0.2, 0) is 11.2 Å². The van der Waals surface area contributed by atoms with E-state index in [0.29, 0.717) is 10.9 Å². The summed E-state index contributed by atoms with van der Waals surface area (Å²) in [5, 5.41) is 4.39. The van der Waals surface area contributed by atoms with Gasteiger partial charge in [0.05, 0.1) is 22.9 Å². The van der Waals surface area contributed by atoms with Gasteiger partial charge in [-0.05, 0) is 36.8 Å². The van der Waals surface area contributed by atoms with Gasteiger partial charge in [-0.15, -0.1) is 0 Å². The molecule has 3 rings (SSSR count). The van der Waals surface area contributed by atoms with E-state index in [2.05, 4.69) is 15.5 Å². The molecule has 0 aliphatic heterocycles. The van der Waals surface area contributed by atoms with Crippen LogP contribution < -0.4 is 11.2 Å². The molecule has 0 radical (unpaired) electrons. The van der Waals surface area contributed by atoms with E-state index in [1.807, 2.05) is 31.2 Å². The maximum atomic E-state index is 11.9. The molecule has 0 unspecified atom stereocenters. The summed E-state index contributed by atoms with van der Waals surface area (Å²) in [5.74, 6) is 1.20. The predicted molar refractivity (Wildman–Crippen MR) is 86.9 cm³/mol. The van der Waals surface area contributed by atoms with Crippen molar-refractivity contribution in [2.75, 3.05) is 5.73 Å². The number of anilines is 1. The predicted octanol–water partition coefficient (Wildman–Crippen LogP) is 2.47. The number of hydrogen-bond acceptors (Lipinski definition) is 6. The van der Waals surface area contributed by atoms with E-state index in [1.165, 1.54) is 17.6 Å². The Bertz CT molecular complexity index is 850. The molecule has 3 N–H and O–H groups in total. The van der Waals surface area contributed by atoms with Gasteiger partial charge in [-0.25, -0.2) is 10.4 Å². The summed E-state index contributed by atoms with van der Waals surface area (Å²) in [5.41, 5.74) is 9.87. The highest BCUT2D eigenvalue weighted by molar-refractivity contribution is 7.22. The molecular formula is C15H14N4O2S. The molecule has 2 aromatic heterocycles. The Morgan fingerprint density at radius 1 is 1.45 bits per heavy atom. The van der Waals surface area contributed by atoms with Crippen molar-refractivity contribution >= 4 is 38.8 Å². The molecule has 2 heterocycles. The number of furan rings is 1. The van der Waals surface area contributed by atoms with Crippen molar-refractivity contribution in [3.05, 3.63) is 47.4 Å². The molecule has 0 saturated heterocycles. The number of fused-ring (bicyclic) bond motifs is 1. The van der Waals surface area contributed by atoms with Crippen LogP contribution in [0.15, 0.2) is 39.9 Å². The zero-order valence-electron chi connectivity index (χ0n) is 11.9. The zero-order valence-corrected chi connectivity index (χ0v) is 12.7. The summed E-state index contributed by atoms with van der Waals surface area (Å²) in [4.78, 5) is 16.0. The number of rotatable bonds is 4. The Kier molecular flexibility index (Phi) is 3.88. The summed E-state index contributed by atoms with van der Waals surface area (Å²) < 4.78 is 6.29. The van der Waals surface area contributed by atoms with Gasteiger partial charge in [0.25, 0.3) is 0 Å². The minimum atomic E-state index is -0.198. The molecule has 22 heavy (non-hydrogen) atoms. The molecule has 1 amide bonds. The number of carbonyl (C=O) groups is 1. The Balaban J connectivity index is 1.61. The third-order valence-electron chi connectivity index (χ3n) is 2.98. The third kappa shape index (κ3) is 3.32. The zero-order chi connectivity index (χ0) is 15.5. The lowest BCUT2D eigenvalue weighted by atomic mass is 10.1. The molecular weight excluding hydrogens is 300 g/mol. The van der Waals surface area contributed by atoms with Gasteiger partial charge in [-0.3, -0.25) is 4.79 Å². The van der Waals surface area contributed by atoms with Crippen molar-refractivity contribution in [2.24, 2.45) is 5.10 Å². The van der Waals surface area contributed by atoms with Crippen LogP contribution in [0.3, 0.4) is 0 Å². The van der Waals surface area contributed by atoms with Gasteiger partial charge in [0.15, 0.2) is 5.13 Å². The fourth-order valence-corrected chi connectivity index (χ4v) is 2.81. The van der Waals surface area contributed by atoms with Gasteiger partial charge >= 0.3 is 0 Å². The molecule has 7 heteroatoms. The fourth-order valence-electron chi connectivity index (χ4n) is 2.01. The Morgan fingerprint density at radius 3 is 3.09 bits per heavy atom. The largest absolute Gasteiger partial charge is 0.460 e. The number of benzene rings is 1. The lowest BCUT2D eigenvalue weighted by Crippen LogP contribution is -2.19. The van der Waals surface area contributed by atoms with Crippen LogP contribution in [0.4, 0.5) is 5.13 Å². The van der Waals surface area contributed by atoms with Gasteiger partial charge in [0.1, 0.15) is 11.5 Å². The minimum absolute atomic E-state index is 0.198. The van der Waals surface area contributed by atoms with Crippen molar-refractivity contribution < 1.29 is 9.21 Å². The SMILES string of the molecule is Cc1ccc(/C=N\NC(=O)Cc2ccc3nc(N)sc3c2)o1. The van der Waals surface area contributed by atoms with E-state index in [4.69, 9.17) is 10.2 Å². The molecule has 0 atom stereocenters. The number of thiazole rings is 1. The van der Waals surface area contributed by atoms with E-state index in [0.717, 1.165) is 21.5 Å². The summed E-state index contributed by atoms with van der Waals surface area (Å²) in [6.45, 7) is 1.85. The highest BCUT2D eigenvalue weighted by Gasteiger charge is 2.06. The summed E-state index contributed by atoms with van der Waals surface area (Å²) in [6.07, 6.45) is 1.71. The first-order chi connectivity index (χ1) is 10.6. The second-order valence-corrected chi connectivity index (χ2v) is 5.83. The van der Waals surface area contributed by atoms with Gasteiger partial charge in [-0.2, -0.15) is 5.10 Å². The highest BCUT2D eigenvalue weighted by atomic mass is 32.1. The number of nitrogen functional groups attached to an aromatic ring is 1. The van der Waals surface area contributed by atoms with E-state index in [1.54, 1.807) is 6.07 Å². The normalized spacial score (nSPS) is 11.3. The standard InChI is InChI=1S/C15H14N4O2S/c1-9-2-4-11(21-9)8-17-19-14(20)7-10-3-5-12-13(6-10)22-15(16)18-12/h2-6,8H,7H2,1H3,(H2,16,18)(H,19,20)/b17-8-. The van der Waals surface area contributed by atoms with E-state index in [9.17, 15) is 4.79 Å². The van der Waals surface area contributed by atoms with Gasteiger partial charge in [0, 0.05) is 0 Å². The van der Waals surface area contributed by atoms with Crippen LogP contribution in [0.1, 0.15) is 17.1 Å². The molecule has 3 aromatic rings.